The molecule has 0 radical (unpaired) electrons. The molecule has 298 valence electrons. The van der Waals surface area contributed by atoms with Gasteiger partial charge in [0.25, 0.3) is 0 Å². The molecule has 1 aliphatic rings. The van der Waals surface area contributed by atoms with E-state index in [0.29, 0.717) is 0 Å². The van der Waals surface area contributed by atoms with Gasteiger partial charge in [-0.25, -0.2) is 4.99 Å². The van der Waals surface area contributed by atoms with Crippen molar-refractivity contribution in [1.82, 2.24) is 13.7 Å². The van der Waals surface area contributed by atoms with E-state index in [-0.39, 0.29) is 5.92 Å². The van der Waals surface area contributed by atoms with Gasteiger partial charge in [0.15, 0.2) is 0 Å². The van der Waals surface area contributed by atoms with Crippen LogP contribution in [0.4, 0.5) is 5.69 Å². The van der Waals surface area contributed by atoms with E-state index in [4.69, 9.17) is 11.6 Å². The Morgan fingerprint density at radius 1 is 0.375 bits per heavy atom. The molecule has 0 spiro atoms. The van der Waals surface area contributed by atoms with E-state index in [2.05, 4.69) is 226 Å². The van der Waals surface area contributed by atoms with E-state index >= 15 is 0 Å². The lowest BCUT2D eigenvalue weighted by Crippen LogP contribution is -2.23. The van der Waals surface area contributed by atoms with Crippen molar-refractivity contribution in [3.63, 3.8) is 0 Å². The number of nitrogens with zero attached hydrogens (tertiary/aromatic N) is 4. The maximum absolute atomic E-state index is 5.58. The van der Waals surface area contributed by atoms with Crippen molar-refractivity contribution in [3.8, 4) is 11.4 Å². The molecule has 4 heteroatoms. The zero-order valence-corrected chi connectivity index (χ0v) is 34.8. The van der Waals surface area contributed by atoms with Gasteiger partial charge >= 0.3 is 0 Å². The molecule has 1 unspecified atom stereocenters. The highest BCUT2D eigenvalue weighted by Gasteiger charge is 2.32. The average Bonchev–Trinajstić information content (AvgIpc) is 3.99. The van der Waals surface area contributed by atoms with Crippen LogP contribution >= 0.6 is 0 Å². The number of aliphatic imine (C=N–C) groups is 1. The summed E-state index contributed by atoms with van der Waals surface area (Å²) in [5, 5.41) is 12.2. The van der Waals surface area contributed by atoms with Gasteiger partial charge in [0, 0.05) is 60.6 Å². The first-order valence-electron chi connectivity index (χ1n) is 22.0. The lowest BCUT2D eigenvalue weighted by Gasteiger charge is -2.29. The Bertz CT molecular complexity index is 4160. The molecule has 10 aromatic carbocycles. The largest absolute Gasteiger partial charge is 0.309 e. The fourth-order valence-corrected chi connectivity index (χ4v) is 11.1. The van der Waals surface area contributed by atoms with Gasteiger partial charge < -0.3 is 9.13 Å². The summed E-state index contributed by atoms with van der Waals surface area (Å²) in [6, 6.07) is 77.4. The summed E-state index contributed by atoms with van der Waals surface area (Å²) < 4.78 is 7.24. The minimum atomic E-state index is -0.133. The number of para-hydroxylation sites is 4. The van der Waals surface area contributed by atoms with E-state index in [1.807, 2.05) is 0 Å². The number of fused-ring (bicyclic) bond motifs is 14. The Morgan fingerprint density at radius 3 is 1.81 bits per heavy atom. The first-order valence-corrected chi connectivity index (χ1v) is 22.0. The first kappa shape index (κ1) is 35.2. The Balaban J connectivity index is 1.03. The van der Waals surface area contributed by atoms with E-state index in [9.17, 15) is 0 Å². The van der Waals surface area contributed by atoms with Crippen LogP contribution in [0.1, 0.15) is 17.0 Å². The third-order valence-electron chi connectivity index (χ3n) is 13.8. The molecule has 0 fully saturated rings. The van der Waals surface area contributed by atoms with Gasteiger partial charge in [0.1, 0.15) is 5.84 Å². The van der Waals surface area contributed by atoms with E-state index < -0.39 is 0 Å². The van der Waals surface area contributed by atoms with Crippen LogP contribution < -0.4 is 0 Å². The van der Waals surface area contributed by atoms with E-state index in [1.165, 1.54) is 81.5 Å². The maximum atomic E-state index is 5.58. The van der Waals surface area contributed by atoms with Crippen LogP contribution in [0.2, 0.25) is 0 Å². The van der Waals surface area contributed by atoms with Gasteiger partial charge in [-0.05, 0) is 87.9 Å². The Kier molecular flexibility index (Phi) is 7.29. The van der Waals surface area contributed by atoms with E-state index in [1.54, 1.807) is 0 Å². The molecular weight excluding hydrogens is 777 g/mol. The monoisotopic (exact) mass is 814 g/mol. The lowest BCUT2D eigenvalue weighted by atomic mass is 9.81. The van der Waals surface area contributed by atoms with Gasteiger partial charge in [0.05, 0.1) is 38.8 Å². The number of benzene rings is 10. The van der Waals surface area contributed by atoms with Crippen LogP contribution in [0.15, 0.2) is 229 Å². The second kappa shape index (κ2) is 13.3. The second-order valence-corrected chi connectivity index (χ2v) is 17.2. The Labute approximate surface area is 368 Å². The van der Waals surface area contributed by atoms with Crippen LogP contribution in [0.5, 0.6) is 0 Å². The third-order valence-corrected chi connectivity index (χ3v) is 13.8. The number of hydrogen-bond donors (Lipinski definition) is 0. The highest BCUT2D eigenvalue weighted by molar-refractivity contribution is 6.26. The van der Waals surface area contributed by atoms with Crippen molar-refractivity contribution < 1.29 is 0 Å². The molecule has 13 aromatic rings. The second-order valence-electron chi connectivity index (χ2n) is 17.2. The zero-order valence-electron chi connectivity index (χ0n) is 34.8. The highest BCUT2D eigenvalue weighted by atomic mass is 15.1. The number of allylic oxidation sites excluding steroid dienone is 1. The fourth-order valence-electron chi connectivity index (χ4n) is 11.1. The zero-order chi connectivity index (χ0) is 42.0. The standard InChI is InChI=1S/C60H38N4/c1-37-57(40-29-33-54-50(35-40)46-22-11-13-25-52(46)62(54)41-17-3-2-4-18-41)48-23-9-12-24-51(48)61-60(37)64-55-34-28-38-15-5-7-19-43(38)58(55)49-32-30-42(36-56(49)64)63-53-26-14-10-21-45(53)47-31-27-39-16-6-8-20-44(39)59(47)63/h2-36,57H,1H2. The van der Waals surface area contributed by atoms with Crippen molar-refractivity contribution >= 4 is 98.5 Å². The summed E-state index contributed by atoms with van der Waals surface area (Å²) in [6.45, 7) is 5.01. The van der Waals surface area contributed by atoms with Gasteiger partial charge in [-0.3, -0.25) is 4.57 Å². The van der Waals surface area contributed by atoms with E-state index in [0.717, 1.165) is 45.1 Å². The minimum Gasteiger partial charge on any atom is -0.309 e. The van der Waals surface area contributed by atoms with Crippen LogP contribution in [0.3, 0.4) is 0 Å². The smallest absolute Gasteiger partial charge is 0.141 e. The molecule has 4 nitrogen and oxygen atoms in total. The SMILES string of the molecule is C=C1C(n2c3cc(-n4c5ccccc5c5ccc6ccccc6c54)ccc3c3c4ccccc4ccc32)=Nc2ccccc2C1c1ccc2c(c1)c1ccccc1n2-c1ccccc1. The van der Waals surface area contributed by atoms with Crippen LogP contribution in [-0.2, 0) is 0 Å². The molecule has 0 bridgehead atoms. The molecule has 0 saturated carbocycles. The fraction of sp³-hybridized carbons (Fsp3) is 0.0167. The van der Waals surface area contributed by atoms with Gasteiger partial charge in [-0.1, -0.05) is 158 Å². The first-order chi connectivity index (χ1) is 31.7. The summed E-state index contributed by atoms with van der Waals surface area (Å²) in [5.41, 5.74) is 13.5. The van der Waals surface area contributed by atoms with Crippen molar-refractivity contribution in [2.75, 3.05) is 0 Å². The number of hydrogen-bond acceptors (Lipinski definition) is 1. The molecule has 14 rings (SSSR count). The minimum absolute atomic E-state index is 0.133. The third kappa shape index (κ3) is 4.85. The van der Waals surface area contributed by atoms with Crippen LogP contribution in [-0.4, -0.2) is 19.5 Å². The normalized spacial score (nSPS) is 14.2. The summed E-state index contributed by atoms with van der Waals surface area (Å²) in [5.74, 6) is 0.724. The Hall–Kier alpha value is -8.47. The molecule has 0 amide bonds. The predicted octanol–water partition coefficient (Wildman–Crippen LogP) is 15.6. The molecule has 0 saturated heterocycles. The quantitative estimate of drug-likeness (QED) is 0.170. The van der Waals surface area contributed by atoms with Crippen LogP contribution in [0, 0.1) is 0 Å². The average molecular weight is 815 g/mol. The Morgan fingerprint density at radius 2 is 0.984 bits per heavy atom. The molecule has 64 heavy (non-hydrogen) atoms. The molecule has 3 aromatic heterocycles. The molecule has 1 aliphatic heterocycles. The van der Waals surface area contributed by atoms with Crippen molar-refractivity contribution in [2.45, 2.75) is 5.92 Å². The number of rotatable bonds is 3. The van der Waals surface area contributed by atoms with Crippen molar-refractivity contribution in [2.24, 2.45) is 4.99 Å². The summed E-state index contributed by atoms with van der Waals surface area (Å²) in [6.07, 6.45) is 0. The highest BCUT2D eigenvalue weighted by Crippen LogP contribution is 2.46. The van der Waals surface area contributed by atoms with Gasteiger partial charge in [0.2, 0.25) is 0 Å². The van der Waals surface area contributed by atoms with Gasteiger partial charge in [-0.2, -0.15) is 0 Å². The molecule has 0 aliphatic carbocycles. The van der Waals surface area contributed by atoms with Crippen molar-refractivity contribution in [1.29, 1.82) is 0 Å². The van der Waals surface area contributed by atoms with Crippen LogP contribution in [0.25, 0.3) is 98.3 Å². The summed E-state index contributed by atoms with van der Waals surface area (Å²) in [7, 11) is 0. The maximum Gasteiger partial charge on any atom is 0.141 e. The molecule has 1 atom stereocenters. The topological polar surface area (TPSA) is 27.1 Å². The summed E-state index contributed by atoms with van der Waals surface area (Å²) in [4.78, 5) is 5.58. The molecule has 0 N–H and O–H groups in total. The summed E-state index contributed by atoms with van der Waals surface area (Å²) >= 11 is 0. The predicted molar refractivity (Wildman–Crippen MR) is 269 cm³/mol. The lowest BCUT2D eigenvalue weighted by molar-refractivity contribution is 0.961. The van der Waals surface area contributed by atoms with Crippen molar-refractivity contribution in [3.05, 3.63) is 236 Å². The number of aromatic nitrogens is 3. The molecular formula is C60H38N4. The van der Waals surface area contributed by atoms with Gasteiger partial charge in [-0.15, -0.1) is 0 Å². The molecule has 4 heterocycles.